The van der Waals surface area contributed by atoms with E-state index in [0.717, 1.165) is 0 Å². The molecule has 0 saturated heterocycles. The highest BCUT2D eigenvalue weighted by molar-refractivity contribution is 6.74. The smallest absolute Gasteiger partial charge is 0.354 e. The molecular weight excluding hydrogens is 282 g/mol. The van der Waals surface area contributed by atoms with Crippen LogP contribution in [-0.4, -0.2) is 31.0 Å². The molecule has 0 fully saturated rings. The van der Waals surface area contributed by atoms with Gasteiger partial charge in [-0.05, 0) is 30.3 Å². The number of carboxylic acid groups (broad SMARTS) is 1. The molecule has 0 spiro atoms. The summed E-state index contributed by atoms with van der Waals surface area (Å²) in [6, 6.07) is 3.12. The van der Waals surface area contributed by atoms with Gasteiger partial charge in [0.15, 0.2) is 8.32 Å². The standard InChI is InChI=1S/C16H23NO3Si/c1-16(2,3)21(4,5)20-11-7-6-8-13-9-10-14(15(18)19)17-12-13/h9-10,12H,7,11H2,1-5H3,(H,18,19). The first-order valence-electron chi connectivity index (χ1n) is 6.96. The van der Waals surface area contributed by atoms with Gasteiger partial charge in [0.25, 0.3) is 0 Å². The number of carboxylic acids is 1. The summed E-state index contributed by atoms with van der Waals surface area (Å²) in [6.07, 6.45) is 2.14. The van der Waals surface area contributed by atoms with Crippen molar-refractivity contribution >= 4 is 14.3 Å². The Morgan fingerprint density at radius 1 is 1.38 bits per heavy atom. The zero-order valence-corrected chi connectivity index (χ0v) is 14.4. The van der Waals surface area contributed by atoms with Crippen molar-refractivity contribution in [3.63, 3.8) is 0 Å². The van der Waals surface area contributed by atoms with Gasteiger partial charge in [-0.3, -0.25) is 0 Å². The molecule has 4 nitrogen and oxygen atoms in total. The van der Waals surface area contributed by atoms with Crippen LogP contribution in [0.25, 0.3) is 0 Å². The summed E-state index contributed by atoms with van der Waals surface area (Å²) in [7, 11) is -1.70. The third kappa shape index (κ3) is 5.33. The largest absolute Gasteiger partial charge is 0.477 e. The van der Waals surface area contributed by atoms with E-state index in [1.54, 1.807) is 6.07 Å². The number of aromatic nitrogens is 1. The quantitative estimate of drug-likeness (QED) is 0.525. The number of rotatable bonds is 4. The zero-order chi connectivity index (χ0) is 16.1. The minimum Gasteiger partial charge on any atom is -0.477 e. The Labute approximate surface area is 127 Å². The molecule has 1 heterocycles. The Morgan fingerprint density at radius 2 is 2.05 bits per heavy atom. The van der Waals surface area contributed by atoms with Crippen molar-refractivity contribution in [2.45, 2.75) is 45.3 Å². The molecule has 0 saturated carbocycles. The Balaban J connectivity index is 2.49. The van der Waals surface area contributed by atoms with Crippen LogP contribution >= 0.6 is 0 Å². The lowest BCUT2D eigenvalue weighted by atomic mass is 10.2. The van der Waals surface area contributed by atoms with Crippen molar-refractivity contribution in [3.8, 4) is 11.8 Å². The van der Waals surface area contributed by atoms with E-state index in [2.05, 4.69) is 50.7 Å². The van der Waals surface area contributed by atoms with Gasteiger partial charge in [0.2, 0.25) is 0 Å². The Hall–Kier alpha value is -1.64. The van der Waals surface area contributed by atoms with Gasteiger partial charge in [0.05, 0.1) is 0 Å². The first-order valence-corrected chi connectivity index (χ1v) is 9.86. The molecule has 21 heavy (non-hydrogen) atoms. The van der Waals surface area contributed by atoms with E-state index in [1.807, 2.05) is 0 Å². The average molecular weight is 305 g/mol. The van der Waals surface area contributed by atoms with Crippen LogP contribution in [-0.2, 0) is 4.43 Å². The summed E-state index contributed by atoms with van der Waals surface area (Å²) in [5.74, 6) is 4.97. The van der Waals surface area contributed by atoms with E-state index >= 15 is 0 Å². The molecule has 0 atom stereocenters. The molecule has 1 aromatic rings. The maximum atomic E-state index is 10.7. The normalized spacial score (nSPS) is 11.7. The Morgan fingerprint density at radius 3 is 2.52 bits per heavy atom. The van der Waals surface area contributed by atoms with Crippen LogP contribution in [0.15, 0.2) is 18.3 Å². The Kier molecular flexibility index (Phi) is 5.70. The fourth-order valence-corrected chi connectivity index (χ4v) is 2.38. The van der Waals surface area contributed by atoms with Crippen molar-refractivity contribution in [2.24, 2.45) is 0 Å². The van der Waals surface area contributed by atoms with Gasteiger partial charge < -0.3 is 9.53 Å². The average Bonchev–Trinajstić information content (AvgIpc) is 2.37. The molecule has 0 aliphatic rings. The highest BCUT2D eigenvalue weighted by atomic mass is 28.4. The van der Waals surface area contributed by atoms with E-state index in [0.29, 0.717) is 18.6 Å². The van der Waals surface area contributed by atoms with Crippen LogP contribution in [0.3, 0.4) is 0 Å². The number of aromatic carboxylic acids is 1. The third-order valence-electron chi connectivity index (χ3n) is 3.71. The second-order valence-electron chi connectivity index (χ2n) is 6.40. The van der Waals surface area contributed by atoms with Gasteiger partial charge in [-0.15, -0.1) is 0 Å². The number of pyridine rings is 1. The molecule has 114 valence electrons. The number of hydrogen-bond acceptors (Lipinski definition) is 3. The Bertz CT molecular complexity index is 548. The van der Waals surface area contributed by atoms with Gasteiger partial charge in [-0.2, -0.15) is 0 Å². The SMILES string of the molecule is CC(C)(C)[Si](C)(C)OCCC#Cc1ccc(C(=O)O)nc1. The lowest BCUT2D eigenvalue weighted by Crippen LogP contribution is -2.40. The molecule has 5 heteroatoms. The summed E-state index contributed by atoms with van der Waals surface area (Å²) < 4.78 is 6.03. The molecule has 0 aliphatic carbocycles. The molecule has 1 N–H and O–H groups in total. The predicted molar refractivity (Wildman–Crippen MR) is 85.8 cm³/mol. The molecule has 0 unspecified atom stereocenters. The van der Waals surface area contributed by atoms with Crippen LogP contribution < -0.4 is 0 Å². The van der Waals surface area contributed by atoms with Crippen molar-refractivity contribution in [1.82, 2.24) is 4.98 Å². The molecule has 1 aromatic heterocycles. The summed E-state index contributed by atoms with van der Waals surface area (Å²) in [5.41, 5.74) is 0.745. The van der Waals surface area contributed by atoms with Crippen molar-refractivity contribution in [2.75, 3.05) is 6.61 Å². The third-order valence-corrected chi connectivity index (χ3v) is 8.25. The molecule has 1 rings (SSSR count). The van der Waals surface area contributed by atoms with Crippen LogP contribution in [0.4, 0.5) is 0 Å². The monoisotopic (exact) mass is 305 g/mol. The zero-order valence-electron chi connectivity index (χ0n) is 13.4. The lowest BCUT2D eigenvalue weighted by Gasteiger charge is -2.35. The first-order chi connectivity index (χ1) is 9.63. The summed E-state index contributed by atoms with van der Waals surface area (Å²) in [4.78, 5) is 14.5. The van der Waals surface area contributed by atoms with Crippen molar-refractivity contribution in [3.05, 3.63) is 29.6 Å². The topological polar surface area (TPSA) is 59.4 Å². The highest BCUT2D eigenvalue weighted by Crippen LogP contribution is 2.36. The van der Waals surface area contributed by atoms with E-state index in [1.165, 1.54) is 12.3 Å². The number of carbonyl (C=O) groups is 1. The van der Waals surface area contributed by atoms with E-state index in [4.69, 9.17) is 9.53 Å². The summed E-state index contributed by atoms with van der Waals surface area (Å²) >= 11 is 0. The second-order valence-corrected chi connectivity index (χ2v) is 11.2. The molecule has 0 bridgehead atoms. The lowest BCUT2D eigenvalue weighted by molar-refractivity contribution is 0.0690. The highest BCUT2D eigenvalue weighted by Gasteiger charge is 2.36. The minimum atomic E-state index is -1.70. The van der Waals surface area contributed by atoms with Crippen LogP contribution in [0.2, 0.25) is 18.1 Å². The molecule has 0 aromatic carbocycles. The van der Waals surface area contributed by atoms with Gasteiger partial charge in [0.1, 0.15) is 5.69 Å². The fourth-order valence-electron chi connectivity index (χ4n) is 1.33. The molecule has 0 radical (unpaired) electrons. The van der Waals surface area contributed by atoms with E-state index in [9.17, 15) is 4.79 Å². The maximum absolute atomic E-state index is 10.7. The second kappa shape index (κ2) is 6.88. The van der Waals surface area contributed by atoms with Crippen molar-refractivity contribution in [1.29, 1.82) is 0 Å². The van der Waals surface area contributed by atoms with E-state index in [-0.39, 0.29) is 10.7 Å². The fraction of sp³-hybridized carbons (Fsp3) is 0.500. The molecule has 0 amide bonds. The van der Waals surface area contributed by atoms with Crippen LogP contribution in [0, 0.1) is 11.8 Å². The van der Waals surface area contributed by atoms with Gasteiger partial charge in [-0.25, -0.2) is 9.78 Å². The number of hydrogen-bond donors (Lipinski definition) is 1. The van der Waals surface area contributed by atoms with Crippen LogP contribution in [0.1, 0.15) is 43.2 Å². The number of nitrogens with zero attached hydrogens (tertiary/aromatic N) is 1. The molecule has 0 aliphatic heterocycles. The minimum absolute atomic E-state index is 0.0295. The predicted octanol–water partition coefficient (Wildman–Crippen LogP) is 3.54. The van der Waals surface area contributed by atoms with Gasteiger partial charge >= 0.3 is 5.97 Å². The first kappa shape index (κ1) is 17.4. The van der Waals surface area contributed by atoms with Gasteiger partial charge in [-0.1, -0.05) is 32.6 Å². The van der Waals surface area contributed by atoms with Crippen LogP contribution in [0.5, 0.6) is 0 Å². The maximum Gasteiger partial charge on any atom is 0.354 e. The summed E-state index contributed by atoms with van der Waals surface area (Å²) in [6.45, 7) is 11.7. The van der Waals surface area contributed by atoms with Crippen molar-refractivity contribution < 1.29 is 14.3 Å². The van der Waals surface area contributed by atoms with E-state index < -0.39 is 14.3 Å². The van der Waals surface area contributed by atoms with Gasteiger partial charge in [0, 0.05) is 24.8 Å². The molecular formula is C16H23NO3Si. The summed E-state index contributed by atoms with van der Waals surface area (Å²) in [5, 5.41) is 8.96.